The van der Waals surface area contributed by atoms with Gasteiger partial charge in [0, 0.05) is 5.56 Å². The Balaban J connectivity index is 2.21. The van der Waals surface area contributed by atoms with E-state index in [4.69, 9.17) is 0 Å². The predicted octanol–water partition coefficient (Wildman–Crippen LogP) is 4.24. The highest BCUT2D eigenvalue weighted by molar-refractivity contribution is 7.21. The van der Waals surface area contributed by atoms with E-state index in [1.165, 1.54) is 5.56 Å². The van der Waals surface area contributed by atoms with Crippen LogP contribution < -0.4 is 0 Å². The number of hydrogen-bond acceptors (Lipinski definition) is 4. The van der Waals surface area contributed by atoms with E-state index >= 15 is 0 Å². The van der Waals surface area contributed by atoms with E-state index in [9.17, 15) is 4.79 Å². The SMILES string of the molecule is Cc1ccc2nc(-c3ccccc3N=C=O)sc2c1. The largest absolute Gasteiger partial charge is 0.240 e. The van der Waals surface area contributed by atoms with E-state index in [2.05, 4.69) is 23.0 Å². The molecule has 0 bridgehead atoms. The van der Waals surface area contributed by atoms with Crippen molar-refractivity contribution in [2.75, 3.05) is 0 Å². The van der Waals surface area contributed by atoms with Gasteiger partial charge in [-0.2, -0.15) is 4.99 Å². The highest BCUT2D eigenvalue weighted by Crippen LogP contribution is 2.35. The van der Waals surface area contributed by atoms with E-state index in [0.29, 0.717) is 5.69 Å². The Morgan fingerprint density at radius 3 is 2.89 bits per heavy atom. The summed E-state index contributed by atoms with van der Waals surface area (Å²) in [4.78, 5) is 18.8. The Kier molecular flexibility index (Phi) is 2.95. The van der Waals surface area contributed by atoms with Crippen LogP contribution in [0.25, 0.3) is 20.8 Å². The lowest BCUT2D eigenvalue weighted by Crippen LogP contribution is -1.77. The Bertz CT molecular complexity index is 801. The third-order valence-corrected chi connectivity index (χ3v) is 3.90. The van der Waals surface area contributed by atoms with Crippen LogP contribution in [0, 0.1) is 6.92 Å². The number of aryl methyl sites for hydroxylation is 1. The number of aromatic nitrogens is 1. The van der Waals surface area contributed by atoms with E-state index in [-0.39, 0.29) is 0 Å². The first-order valence-corrected chi connectivity index (χ1v) is 6.64. The molecule has 0 spiro atoms. The number of para-hydroxylation sites is 1. The molecule has 0 unspecified atom stereocenters. The highest BCUT2D eigenvalue weighted by atomic mass is 32.1. The minimum Gasteiger partial charge on any atom is -0.236 e. The average molecular weight is 266 g/mol. The summed E-state index contributed by atoms with van der Waals surface area (Å²) in [6.07, 6.45) is 1.59. The summed E-state index contributed by atoms with van der Waals surface area (Å²) in [5.41, 5.74) is 3.65. The molecule has 1 aromatic heterocycles. The summed E-state index contributed by atoms with van der Waals surface area (Å²) in [6, 6.07) is 13.6. The summed E-state index contributed by atoms with van der Waals surface area (Å²) in [7, 11) is 0. The molecule has 0 fully saturated rings. The van der Waals surface area contributed by atoms with E-state index in [1.807, 2.05) is 30.3 Å². The maximum Gasteiger partial charge on any atom is 0.240 e. The lowest BCUT2D eigenvalue weighted by molar-refractivity contribution is 0.565. The smallest absolute Gasteiger partial charge is 0.236 e. The van der Waals surface area contributed by atoms with Gasteiger partial charge < -0.3 is 0 Å². The fourth-order valence-electron chi connectivity index (χ4n) is 1.95. The van der Waals surface area contributed by atoms with Crippen molar-refractivity contribution in [3.05, 3.63) is 48.0 Å². The third kappa shape index (κ3) is 2.19. The second kappa shape index (κ2) is 4.76. The lowest BCUT2D eigenvalue weighted by Gasteiger charge is -1.98. The van der Waals surface area contributed by atoms with Gasteiger partial charge in [-0.1, -0.05) is 18.2 Å². The summed E-state index contributed by atoms with van der Waals surface area (Å²) in [6.45, 7) is 2.06. The molecule has 2 aromatic carbocycles. The van der Waals surface area contributed by atoms with Gasteiger partial charge in [-0.3, -0.25) is 0 Å². The van der Waals surface area contributed by atoms with Crippen LogP contribution in [0.5, 0.6) is 0 Å². The number of rotatable bonds is 2. The van der Waals surface area contributed by atoms with Crippen molar-refractivity contribution in [3.8, 4) is 10.6 Å². The maximum atomic E-state index is 10.5. The molecule has 4 heteroatoms. The van der Waals surface area contributed by atoms with Gasteiger partial charge >= 0.3 is 0 Å². The zero-order chi connectivity index (χ0) is 13.2. The molecule has 0 aliphatic carbocycles. The molecule has 3 nitrogen and oxygen atoms in total. The van der Waals surface area contributed by atoms with Gasteiger partial charge in [0.05, 0.1) is 15.9 Å². The van der Waals surface area contributed by atoms with Crippen LogP contribution in [0.15, 0.2) is 47.5 Å². The summed E-state index contributed by atoms with van der Waals surface area (Å²) >= 11 is 1.60. The van der Waals surface area contributed by atoms with Crippen LogP contribution in [0.1, 0.15) is 5.56 Å². The monoisotopic (exact) mass is 266 g/mol. The topological polar surface area (TPSA) is 42.3 Å². The molecule has 0 saturated carbocycles. The molecular weight excluding hydrogens is 256 g/mol. The van der Waals surface area contributed by atoms with Gasteiger partial charge in [0.25, 0.3) is 0 Å². The number of nitrogens with zero attached hydrogens (tertiary/aromatic N) is 2. The number of isocyanates is 1. The van der Waals surface area contributed by atoms with E-state index < -0.39 is 0 Å². The molecular formula is C15H10N2OS. The van der Waals surface area contributed by atoms with E-state index in [0.717, 1.165) is 20.8 Å². The van der Waals surface area contributed by atoms with Crippen molar-refractivity contribution in [2.24, 2.45) is 4.99 Å². The lowest BCUT2D eigenvalue weighted by atomic mass is 10.2. The first-order valence-electron chi connectivity index (χ1n) is 5.82. The Morgan fingerprint density at radius 1 is 1.21 bits per heavy atom. The zero-order valence-corrected chi connectivity index (χ0v) is 11.1. The second-order valence-electron chi connectivity index (χ2n) is 4.21. The highest BCUT2D eigenvalue weighted by Gasteiger charge is 2.09. The molecule has 0 N–H and O–H groups in total. The molecule has 3 aromatic rings. The molecule has 0 amide bonds. The molecule has 92 valence electrons. The summed E-state index contributed by atoms with van der Waals surface area (Å²) < 4.78 is 1.14. The minimum absolute atomic E-state index is 0.605. The standard InChI is InChI=1S/C15H10N2OS/c1-10-6-7-13-14(8-10)19-15(17-13)11-4-2-3-5-12(11)16-9-18/h2-8H,1H3. The van der Waals surface area contributed by atoms with Gasteiger partial charge in [-0.25, -0.2) is 9.78 Å². The van der Waals surface area contributed by atoms with E-state index in [1.54, 1.807) is 23.5 Å². The second-order valence-corrected chi connectivity index (χ2v) is 5.24. The van der Waals surface area contributed by atoms with Crippen LogP contribution in [0.3, 0.4) is 0 Å². The minimum atomic E-state index is 0.605. The first-order chi connectivity index (χ1) is 9.28. The van der Waals surface area contributed by atoms with Crippen LogP contribution in [-0.4, -0.2) is 11.1 Å². The van der Waals surface area contributed by atoms with Crippen molar-refractivity contribution < 1.29 is 4.79 Å². The van der Waals surface area contributed by atoms with Crippen LogP contribution in [-0.2, 0) is 4.79 Å². The number of aliphatic imine (C=N–C) groups is 1. The normalized spacial score (nSPS) is 10.4. The summed E-state index contributed by atoms with van der Waals surface area (Å²) in [5.74, 6) is 0. The summed E-state index contributed by atoms with van der Waals surface area (Å²) in [5, 5.41) is 0.871. The fraction of sp³-hybridized carbons (Fsp3) is 0.0667. The maximum absolute atomic E-state index is 10.5. The number of hydrogen-bond donors (Lipinski definition) is 0. The third-order valence-electron chi connectivity index (χ3n) is 2.84. The van der Waals surface area contributed by atoms with Crippen molar-refractivity contribution in [1.82, 2.24) is 4.98 Å². The number of fused-ring (bicyclic) bond motifs is 1. The molecule has 0 atom stereocenters. The molecule has 0 radical (unpaired) electrons. The van der Waals surface area contributed by atoms with Crippen LogP contribution >= 0.6 is 11.3 Å². The van der Waals surface area contributed by atoms with Gasteiger partial charge in [0.2, 0.25) is 6.08 Å². The predicted molar refractivity (Wildman–Crippen MR) is 77.6 cm³/mol. The fourth-order valence-corrected chi connectivity index (χ4v) is 3.05. The van der Waals surface area contributed by atoms with Crippen molar-refractivity contribution in [1.29, 1.82) is 0 Å². The molecule has 0 aliphatic rings. The van der Waals surface area contributed by atoms with Gasteiger partial charge in [-0.15, -0.1) is 11.3 Å². The first kappa shape index (κ1) is 11.8. The molecule has 0 aliphatic heterocycles. The Hall–Kier alpha value is -2.29. The molecule has 1 heterocycles. The molecule has 0 saturated heterocycles. The Labute approximate surface area is 114 Å². The van der Waals surface area contributed by atoms with Crippen molar-refractivity contribution in [3.63, 3.8) is 0 Å². The number of thiazole rings is 1. The van der Waals surface area contributed by atoms with Gasteiger partial charge in [0.15, 0.2) is 0 Å². The molecule has 19 heavy (non-hydrogen) atoms. The van der Waals surface area contributed by atoms with Gasteiger partial charge in [0.1, 0.15) is 5.01 Å². The average Bonchev–Trinajstić information content (AvgIpc) is 2.82. The van der Waals surface area contributed by atoms with Crippen molar-refractivity contribution >= 4 is 33.3 Å². The number of carbonyl (C=O) groups excluding carboxylic acids is 1. The van der Waals surface area contributed by atoms with Gasteiger partial charge in [-0.05, 0) is 36.8 Å². The Morgan fingerprint density at radius 2 is 2.05 bits per heavy atom. The van der Waals surface area contributed by atoms with Crippen LogP contribution in [0.4, 0.5) is 5.69 Å². The zero-order valence-electron chi connectivity index (χ0n) is 10.3. The van der Waals surface area contributed by atoms with Crippen molar-refractivity contribution in [2.45, 2.75) is 6.92 Å². The molecule has 3 rings (SSSR count). The van der Waals surface area contributed by atoms with Crippen LogP contribution in [0.2, 0.25) is 0 Å². The quantitative estimate of drug-likeness (QED) is 0.514. The number of benzene rings is 2.